The first kappa shape index (κ1) is 18.1. The second-order valence-electron chi connectivity index (χ2n) is 5.90. The van der Waals surface area contributed by atoms with E-state index in [1.165, 1.54) is 16.9 Å². The van der Waals surface area contributed by atoms with E-state index in [0.29, 0.717) is 11.5 Å². The summed E-state index contributed by atoms with van der Waals surface area (Å²) in [7, 11) is 0. The quantitative estimate of drug-likeness (QED) is 0.641. The number of rotatable bonds is 6. The fourth-order valence-electron chi connectivity index (χ4n) is 2.60. The number of benzene rings is 2. The molecule has 0 unspecified atom stereocenters. The molecule has 0 radical (unpaired) electrons. The highest BCUT2D eigenvalue weighted by atomic mass is 32.1. The van der Waals surface area contributed by atoms with Crippen molar-refractivity contribution in [3.8, 4) is 16.3 Å². The SMILES string of the molecule is CCOc1ccc(NC(=O)c2sc(-c3ccc(CC)cc3)nc2C)cc1. The molecule has 134 valence electrons. The van der Waals surface area contributed by atoms with E-state index in [4.69, 9.17) is 4.74 Å². The van der Waals surface area contributed by atoms with E-state index < -0.39 is 0 Å². The summed E-state index contributed by atoms with van der Waals surface area (Å²) < 4.78 is 5.42. The van der Waals surface area contributed by atoms with E-state index in [-0.39, 0.29) is 5.91 Å². The first-order valence-electron chi connectivity index (χ1n) is 8.71. The lowest BCUT2D eigenvalue weighted by molar-refractivity contribution is 0.103. The minimum Gasteiger partial charge on any atom is -0.494 e. The average molecular weight is 366 g/mol. The Hall–Kier alpha value is -2.66. The molecule has 0 aliphatic rings. The van der Waals surface area contributed by atoms with E-state index in [1.807, 2.05) is 38.1 Å². The predicted octanol–water partition coefficient (Wildman–Crippen LogP) is 5.33. The standard InChI is InChI=1S/C21H22N2O2S/c1-4-15-6-8-16(9-7-15)21-22-14(3)19(26-21)20(24)23-17-10-12-18(13-11-17)25-5-2/h6-13H,4-5H2,1-3H3,(H,23,24). The monoisotopic (exact) mass is 366 g/mol. The zero-order valence-corrected chi connectivity index (χ0v) is 16.0. The molecule has 1 heterocycles. The molecular weight excluding hydrogens is 344 g/mol. The number of aryl methyl sites for hydroxylation is 2. The number of hydrogen-bond acceptors (Lipinski definition) is 4. The third-order valence-electron chi connectivity index (χ3n) is 4.04. The van der Waals surface area contributed by atoms with Gasteiger partial charge in [-0.15, -0.1) is 11.3 Å². The third kappa shape index (κ3) is 4.11. The van der Waals surface area contributed by atoms with E-state index in [0.717, 1.165) is 34.1 Å². The van der Waals surface area contributed by atoms with Crippen molar-refractivity contribution in [2.75, 3.05) is 11.9 Å². The lowest BCUT2D eigenvalue weighted by Gasteiger charge is -2.06. The summed E-state index contributed by atoms with van der Waals surface area (Å²) in [5, 5.41) is 3.79. The van der Waals surface area contributed by atoms with Crippen LogP contribution in [0.5, 0.6) is 5.75 Å². The molecule has 0 atom stereocenters. The van der Waals surface area contributed by atoms with Crippen molar-refractivity contribution in [2.45, 2.75) is 27.2 Å². The van der Waals surface area contributed by atoms with E-state index in [1.54, 1.807) is 0 Å². The fourth-order valence-corrected chi connectivity index (χ4v) is 3.57. The van der Waals surface area contributed by atoms with Gasteiger partial charge in [0.1, 0.15) is 15.6 Å². The van der Waals surface area contributed by atoms with Crippen LogP contribution < -0.4 is 10.1 Å². The minimum absolute atomic E-state index is 0.138. The molecule has 4 nitrogen and oxygen atoms in total. The molecule has 1 aromatic heterocycles. The second-order valence-corrected chi connectivity index (χ2v) is 6.89. The van der Waals surface area contributed by atoms with Crippen LogP contribution in [-0.4, -0.2) is 17.5 Å². The lowest BCUT2D eigenvalue weighted by atomic mass is 10.1. The van der Waals surface area contributed by atoms with Gasteiger partial charge in [-0.1, -0.05) is 31.2 Å². The average Bonchev–Trinajstić information content (AvgIpc) is 3.05. The van der Waals surface area contributed by atoms with E-state index in [9.17, 15) is 4.79 Å². The van der Waals surface area contributed by atoms with Crippen LogP contribution in [0.1, 0.15) is 34.8 Å². The van der Waals surface area contributed by atoms with Crippen molar-refractivity contribution < 1.29 is 9.53 Å². The van der Waals surface area contributed by atoms with Gasteiger partial charge in [0.15, 0.2) is 0 Å². The number of carbonyl (C=O) groups excluding carboxylic acids is 1. The minimum atomic E-state index is -0.138. The number of amides is 1. The molecule has 0 saturated heterocycles. The molecule has 1 amide bonds. The fraction of sp³-hybridized carbons (Fsp3) is 0.238. The number of carbonyl (C=O) groups is 1. The Bertz CT molecular complexity index is 883. The maximum absolute atomic E-state index is 12.6. The van der Waals surface area contributed by atoms with Gasteiger partial charge in [0.2, 0.25) is 0 Å². The smallest absolute Gasteiger partial charge is 0.267 e. The number of anilines is 1. The van der Waals surface area contributed by atoms with Crippen LogP contribution in [0.2, 0.25) is 0 Å². The van der Waals surface area contributed by atoms with Gasteiger partial charge in [-0.05, 0) is 50.1 Å². The van der Waals surface area contributed by atoms with Gasteiger partial charge in [-0.3, -0.25) is 4.79 Å². The summed E-state index contributed by atoms with van der Waals surface area (Å²) in [5.41, 5.74) is 3.80. The van der Waals surface area contributed by atoms with Crippen LogP contribution >= 0.6 is 11.3 Å². The summed E-state index contributed by atoms with van der Waals surface area (Å²) in [6.45, 7) is 6.56. The second kappa shape index (κ2) is 8.15. The van der Waals surface area contributed by atoms with Crippen molar-refractivity contribution in [2.24, 2.45) is 0 Å². The van der Waals surface area contributed by atoms with Gasteiger partial charge < -0.3 is 10.1 Å². The Morgan fingerprint density at radius 1 is 1.08 bits per heavy atom. The Kier molecular flexibility index (Phi) is 5.68. The maximum Gasteiger partial charge on any atom is 0.267 e. The molecule has 1 N–H and O–H groups in total. The molecule has 0 spiro atoms. The molecular formula is C21H22N2O2S. The zero-order chi connectivity index (χ0) is 18.5. The summed E-state index contributed by atoms with van der Waals surface area (Å²) in [5.74, 6) is 0.651. The summed E-state index contributed by atoms with van der Waals surface area (Å²) in [6.07, 6.45) is 1.01. The predicted molar refractivity (Wildman–Crippen MR) is 107 cm³/mol. The van der Waals surface area contributed by atoms with Crippen LogP contribution in [0.3, 0.4) is 0 Å². The Morgan fingerprint density at radius 3 is 2.38 bits per heavy atom. The summed E-state index contributed by atoms with van der Waals surface area (Å²) >= 11 is 1.42. The molecule has 5 heteroatoms. The largest absolute Gasteiger partial charge is 0.494 e. The molecule has 3 aromatic rings. The number of nitrogens with zero attached hydrogens (tertiary/aromatic N) is 1. The van der Waals surface area contributed by atoms with Crippen molar-refractivity contribution in [3.63, 3.8) is 0 Å². The van der Waals surface area contributed by atoms with Crippen molar-refractivity contribution in [1.82, 2.24) is 4.98 Å². The Labute approximate surface area is 157 Å². The summed E-state index contributed by atoms with van der Waals surface area (Å²) in [4.78, 5) is 17.8. The van der Waals surface area contributed by atoms with E-state index >= 15 is 0 Å². The molecule has 0 saturated carbocycles. The van der Waals surface area contributed by atoms with Crippen molar-refractivity contribution in [3.05, 3.63) is 64.7 Å². The van der Waals surface area contributed by atoms with Gasteiger partial charge >= 0.3 is 0 Å². The van der Waals surface area contributed by atoms with Gasteiger partial charge in [0.25, 0.3) is 5.91 Å². The van der Waals surface area contributed by atoms with Gasteiger partial charge in [-0.25, -0.2) is 4.98 Å². The lowest BCUT2D eigenvalue weighted by Crippen LogP contribution is -2.11. The van der Waals surface area contributed by atoms with Crippen molar-refractivity contribution in [1.29, 1.82) is 0 Å². The molecule has 3 rings (SSSR count). The number of hydrogen-bond donors (Lipinski definition) is 1. The number of nitrogens with one attached hydrogen (secondary N) is 1. The number of aromatic nitrogens is 1. The molecule has 0 aliphatic heterocycles. The number of thiazole rings is 1. The number of ether oxygens (including phenoxy) is 1. The van der Waals surface area contributed by atoms with Crippen LogP contribution in [0.25, 0.3) is 10.6 Å². The van der Waals surface area contributed by atoms with Gasteiger partial charge in [0.05, 0.1) is 12.3 Å². The van der Waals surface area contributed by atoms with Gasteiger partial charge in [0, 0.05) is 11.3 Å². The van der Waals surface area contributed by atoms with Crippen LogP contribution in [-0.2, 0) is 6.42 Å². The Morgan fingerprint density at radius 2 is 1.77 bits per heavy atom. The summed E-state index contributed by atoms with van der Waals surface area (Å²) in [6, 6.07) is 15.7. The molecule has 2 aromatic carbocycles. The van der Waals surface area contributed by atoms with Crippen LogP contribution in [0.15, 0.2) is 48.5 Å². The zero-order valence-electron chi connectivity index (χ0n) is 15.2. The van der Waals surface area contributed by atoms with E-state index in [2.05, 4.69) is 41.5 Å². The third-order valence-corrected chi connectivity index (χ3v) is 5.24. The van der Waals surface area contributed by atoms with Crippen LogP contribution in [0, 0.1) is 6.92 Å². The van der Waals surface area contributed by atoms with Crippen molar-refractivity contribution >= 4 is 22.9 Å². The topological polar surface area (TPSA) is 51.2 Å². The van der Waals surface area contributed by atoms with Gasteiger partial charge in [-0.2, -0.15) is 0 Å². The maximum atomic E-state index is 12.6. The molecule has 26 heavy (non-hydrogen) atoms. The highest BCUT2D eigenvalue weighted by molar-refractivity contribution is 7.17. The van der Waals surface area contributed by atoms with Crippen LogP contribution in [0.4, 0.5) is 5.69 Å². The molecule has 0 aliphatic carbocycles. The first-order valence-corrected chi connectivity index (χ1v) is 9.53. The Balaban J connectivity index is 1.76. The first-order chi connectivity index (χ1) is 12.6. The molecule has 0 bridgehead atoms. The highest BCUT2D eigenvalue weighted by Crippen LogP contribution is 2.29. The normalized spacial score (nSPS) is 10.6. The highest BCUT2D eigenvalue weighted by Gasteiger charge is 2.16. The molecule has 0 fully saturated rings.